The number of nitrogens with zero attached hydrogens (tertiary/aromatic N) is 2. The molecule has 3 rings (SSSR count). The summed E-state index contributed by atoms with van der Waals surface area (Å²) in [7, 11) is 0. The molecule has 0 N–H and O–H groups in total. The molecule has 3 heteroatoms. The Bertz CT molecular complexity index is 786. The van der Waals surface area contributed by atoms with Crippen LogP contribution in [0.15, 0.2) is 34.8 Å². The van der Waals surface area contributed by atoms with Crippen LogP contribution in [0, 0.1) is 25.2 Å². The minimum absolute atomic E-state index is 0.633. The number of hydrogen-bond donors (Lipinski definition) is 0. The summed E-state index contributed by atoms with van der Waals surface area (Å²) < 4.78 is 3.46. The second kappa shape index (κ2) is 6.76. The number of hydrogen-bond acceptors (Lipinski definition) is 1. The van der Waals surface area contributed by atoms with Gasteiger partial charge in [-0.2, -0.15) is 5.26 Å². The SMILES string of the molecule is Cc1cc(/C=C(/C#N)c2cccc(Br)c2)c(C)n1C1CCCC1. The molecule has 1 saturated carbocycles. The zero-order valence-electron chi connectivity index (χ0n) is 13.6. The van der Waals surface area contributed by atoms with Crippen molar-refractivity contribution in [3.8, 4) is 6.07 Å². The maximum absolute atomic E-state index is 9.57. The highest BCUT2D eigenvalue weighted by atomic mass is 79.9. The van der Waals surface area contributed by atoms with Gasteiger partial charge in [0.25, 0.3) is 0 Å². The largest absolute Gasteiger partial charge is 0.346 e. The molecular weight excluding hydrogens is 348 g/mol. The van der Waals surface area contributed by atoms with Gasteiger partial charge in [0.15, 0.2) is 0 Å². The molecule has 0 saturated heterocycles. The van der Waals surface area contributed by atoms with Crippen LogP contribution in [0.5, 0.6) is 0 Å². The van der Waals surface area contributed by atoms with Crippen LogP contribution in [0.1, 0.15) is 54.2 Å². The molecule has 2 aromatic rings. The average molecular weight is 369 g/mol. The summed E-state index contributed by atoms with van der Waals surface area (Å²) in [6, 6.07) is 13.1. The number of allylic oxidation sites excluding steroid dienone is 1. The Morgan fingerprint density at radius 3 is 2.65 bits per heavy atom. The third-order valence-electron chi connectivity index (χ3n) is 4.77. The van der Waals surface area contributed by atoms with Crippen molar-refractivity contribution in [3.63, 3.8) is 0 Å². The minimum atomic E-state index is 0.633. The molecule has 1 aliphatic carbocycles. The molecule has 0 amide bonds. The second-order valence-electron chi connectivity index (χ2n) is 6.31. The normalized spacial score (nSPS) is 15.8. The smallest absolute Gasteiger partial charge is 0.0998 e. The van der Waals surface area contributed by atoms with Gasteiger partial charge in [-0.25, -0.2) is 0 Å². The quantitative estimate of drug-likeness (QED) is 0.606. The molecule has 0 aliphatic heterocycles. The third kappa shape index (κ3) is 3.28. The molecule has 2 nitrogen and oxygen atoms in total. The van der Waals surface area contributed by atoms with E-state index in [9.17, 15) is 5.26 Å². The predicted octanol–water partition coefficient (Wildman–Crippen LogP) is 6.05. The molecule has 1 aliphatic rings. The van der Waals surface area contributed by atoms with Crippen LogP contribution in [-0.2, 0) is 0 Å². The van der Waals surface area contributed by atoms with Crippen molar-refractivity contribution in [3.05, 3.63) is 57.3 Å². The van der Waals surface area contributed by atoms with Gasteiger partial charge in [0.2, 0.25) is 0 Å². The van der Waals surface area contributed by atoms with Crippen molar-refractivity contribution in [2.75, 3.05) is 0 Å². The molecule has 118 valence electrons. The summed E-state index contributed by atoms with van der Waals surface area (Å²) in [5.41, 5.74) is 5.39. The third-order valence-corrected chi connectivity index (χ3v) is 5.26. The van der Waals surface area contributed by atoms with Crippen LogP contribution >= 0.6 is 15.9 Å². The Morgan fingerprint density at radius 1 is 1.26 bits per heavy atom. The minimum Gasteiger partial charge on any atom is -0.346 e. The Balaban J connectivity index is 2.01. The van der Waals surface area contributed by atoms with Crippen molar-refractivity contribution >= 4 is 27.6 Å². The van der Waals surface area contributed by atoms with Gasteiger partial charge in [0.05, 0.1) is 11.6 Å². The summed E-state index contributed by atoms with van der Waals surface area (Å²) in [5.74, 6) is 0. The summed E-state index contributed by atoms with van der Waals surface area (Å²) in [6.45, 7) is 4.35. The molecule has 0 bridgehead atoms. The van der Waals surface area contributed by atoms with E-state index >= 15 is 0 Å². The summed E-state index contributed by atoms with van der Waals surface area (Å²) in [5, 5.41) is 9.57. The van der Waals surface area contributed by atoms with Crippen molar-refractivity contribution in [1.82, 2.24) is 4.57 Å². The lowest BCUT2D eigenvalue weighted by Gasteiger charge is -2.17. The Hall–Kier alpha value is -1.79. The number of aromatic nitrogens is 1. The molecule has 0 spiro atoms. The van der Waals surface area contributed by atoms with Crippen LogP contribution in [0.25, 0.3) is 11.6 Å². The number of aryl methyl sites for hydroxylation is 1. The number of halogens is 1. The van der Waals surface area contributed by atoms with Gasteiger partial charge in [-0.1, -0.05) is 40.9 Å². The molecule has 0 atom stereocenters. The summed E-state index contributed by atoms with van der Waals surface area (Å²) in [4.78, 5) is 0. The maximum Gasteiger partial charge on any atom is 0.0998 e. The summed E-state index contributed by atoms with van der Waals surface area (Å²) in [6.07, 6.45) is 7.23. The van der Waals surface area contributed by atoms with Gasteiger partial charge in [-0.05, 0) is 62.1 Å². The monoisotopic (exact) mass is 368 g/mol. The van der Waals surface area contributed by atoms with Gasteiger partial charge in [0, 0.05) is 21.9 Å². The second-order valence-corrected chi connectivity index (χ2v) is 7.23. The van der Waals surface area contributed by atoms with Gasteiger partial charge in [-0.3, -0.25) is 0 Å². The van der Waals surface area contributed by atoms with Gasteiger partial charge in [-0.15, -0.1) is 0 Å². The van der Waals surface area contributed by atoms with Crippen molar-refractivity contribution < 1.29 is 0 Å². The van der Waals surface area contributed by atoms with E-state index in [2.05, 4.69) is 46.5 Å². The maximum atomic E-state index is 9.57. The zero-order chi connectivity index (χ0) is 16.4. The lowest BCUT2D eigenvalue weighted by atomic mass is 10.0. The predicted molar refractivity (Wildman–Crippen MR) is 99.0 cm³/mol. The van der Waals surface area contributed by atoms with E-state index < -0.39 is 0 Å². The molecular formula is C20H21BrN2. The molecule has 0 radical (unpaired) electrons. The van der Waals surface area contributed by atoms with E-state index in [0.717, 1.165) is 15.6 Å². The number of rotatable bonds is 3. The van der Waals surface area contributed by atoms with E-state index in [0.29, 0.717) is 11.6 Å². The Morgan fingerprint density at radius 2 is 2.00 bits per heavy atom. The fraction of sp³-hybridized carbons (Fsp3) is 0.350. The van der Waals surface area contributed by atoms with Gasteiger partial charge in [0.1, 0.15) is 0 Å². The highest BCUT2D eigenvalue weighted by Crippen LogP contribution is 2.34. The highest BCUT2D eigenvalue weighted by molar-refractivity contribution is 9.10. The standard InChI is InChI=1S/C20H21BrN2/c1-14-10-17(15(2)23(14)20-8-3-4-9-20)11-18(13-22)16-6-5-7-19(21)12-16/h5-7,10-12,20H,3-4,8-9H2,1-2H3/b18-11-. The van der Waals surface area contributed by atoms with E-state index in [1.165, 1.54) is 37.1 Å². The fourth-order valence-electron chi connectivity index (χ4n) is 3.66. The van der Waals surface area contributed by atoms with Crippen molar-refractivity contribution in [1.29, 1.82) is 5.26 Å². The first kappa shape index (κ1) is 16.1. The van der Waals surface area contributed by atoms with Crippen LogP contribution < -0.4 is 0 Å². The van der Waals surface area contributed by atoms with E-state index in [-0.39, 0.29) is 0 Å². The van der Waals surface area contributed by atoms with Crippen LogP contribution in [0.2, 0.25) is 0 Å². The average Bonchev–Trinajstić information content (AvgIpc) is 3.13. The van der Waals surface area contributed by atoms with Crippen molar-refractivity contribution in [2.24, 2.45) is 0 Å². The lowest BCUT2D eigenvalue weighted by molar-refractivity contribution is 0.500. The van der Waals surface area contributed by atoms with Crippen LogP contribution in [0.4, 0.5) is 0 Å². The number of benzene rings is 1. The fourth-order valence-corrected chi connectivity index (χ4v) is 4.06. The topological polar surface area (TPSA) is 28.7 Å². The number of nitriles is 1. The molecule has 0 unspecified atom stereocenters. The molecule has 1 aromatic heterocycles. The summed E-state index contributed by atoms with van der Waals surface area (Å²) >= 11 is 3.48. The molecule has 1 heterocycles. The molecule has 23 heavy (non-hydrogen) atoms. The highest BCUT2D eigenvalue weighted by Gasteiger charge is 2.21. The van der Waals surface area contributed by atoms with Gasteiger partial charge >= 0.3 is 0 Å². The van der Waals surface area contributed by atoms with E-state index in [1.54, 1.807) is 0 Å². The Labute approximate surface area is 146 Å². The van der Waals surface area contributed by atoms with E-state index in [4.69, 9.17) is 0 Å². The van der Waals surface area contributed by atoms with Crippen molar-refractivity contribution in [2.45, 2.75) is 45.6 Å². The first-order chi connectivity index (χ1) is 11.1. The van der Waals surface area contributed by atoms with Crippen LogP contribution in [-0.4, -0.2) is 4.57 Å². The first-order valence-corrected chi connectivity index (χ1v) is 8.95. The molecule has 1 aromatic carbocycles. The lowest BCUT2D eigenvalue weighted by Crippen LogP contribution is -2.08. The first-order valence-electron chi connectivity index (χ1n) is 8.16. The van der Waals surface area contributed by atoms with Gasteiger partial charge < -0.3 is 4.57 Å². The Kier molecular flexibility index (Phi) is 4.73. The zero-order valence-corrected chi connectivity index (χ0v) is 15.2. The van der Waals surface area contributed by atoms with E-state index in [1.807, 2.05) is 30.3 Å². The molecule has 1 fully saturated rings. The van der Waals surface area contributed by atoms with Crippen LogP contribution in [0.3, 0.4) is 0 Å².